The van der Waals surface area contributed by atoms with Crippen LogP contribution in [0.5, 0.6) is 11.5 Å². The summed E-state index contributed by atoms with van der Waals surface area (Å²) in [6.45, 7) is 6.68. The number of hydrogen-bond donors (Lipinski definition) is 0. The van der Waals surface area contributed by atoms with Crippen molar-refractivity contribution in [1.29, 1.82) is 0 Å². The zero-order valence-corrected chi connectivity index (χ0v) is 10.5. The van der Waals surface area contributed by atoms with E-state index in [1.165, 1.54) is 0 Å². The van der Waals surface area contributed by atoms with E-state index >= 15 is 0 Å². The fourth-order valence-corrected chi connectivity index (χ4v) is 2.04. The van der Waals surface area contributed by atoms with Crippen molar-refractivity contribution in [2.75, 3.05) is 0 Å². The summed E-state index contributed by atoms with van der Waals surface area (Å²) in [5.74, 6) is -0.704. The molecular weight excluding hydrogens is 244 g/mol. The minimum absolute atomic E-state index is 0.237. The van der Waals surface area contributed by atoms with Gasteiger partial charge in [0.05, 0.1) is 0 Å². The van der Waals surface area contributed by atoms with Crippen molar-refractivity contribution in [3.05, 3.63) is 48.6 Å². The van der Waals surface area contributed by atoms with Crippen LogP contribution in [-0.4, -0.2) is 11.9 Å². The third-order valence-corrected chi connectivity index (χ3v) is 2.91. The molecule has 0 N–H and O–H groups in total. The van der Waals surface area contributed by atoms with Crippen LogP contribution in [0, 0.1) is 0 Å². The third kappa shape index (κ3) is 2.91. The maximum absolute atomic E-state index is 11.3. The first-order valence-corrected chi connectivity index (χ1v) is 5.98. The topological polar surface area (TPSA) is 52.6 Å². The molecule has 4 heteroatoms. The average molecular weight is 258 g/mol. The average Bonchev–Trinajstić information content (AvgIpc) is 2.85. The van der Waals surface area contributed by atoms with E-state index in [0.717, 1.165) is 42.5 Å². The van der Waals surface area contributed by atoms with Crippen LogP contribution in [0.2, 0.25) is 0 Å². The summed E-state index contributed by atoms with van der Waals surface area (Å²) in [5, 5.41) is 0. The predicted octanol–water partition coefficient (Wildman–Crippen LogP) is 2.36. The zero-order valence-electron chi connectivity index (χ0n) is 10.5. The summed E-state index contributed by atoms with van der Waals surface area (Å²) in [7, 11) is 0. The lowest BCUT2D eigenvalue weighted by atomic mass is 10.1. The van der Waals surface area contributed by atoms with E-state index < -0.39 is 11.9 Å². The van der Waals surface area contributed by atoms with Crippen LogP contribution in [0.1, 0.15) is 17.5 Å². The molecule has 0 aliphatic heterocycles. The fourth-order valence-electron chi connectivity index (χ4n) is 2.04. The SMILES string of the molecule is C=CC(=O)Oc1cc2c(cc1OC(=O)C=C)CCC2. The van der Waals surface area contributed by atoms with Gasteiger partial charge in [0.25, 0.3) is 0 Å². The van der Waals surface area contributed by atoms with Gasteiger partial charge in [0.1, 0.15) is 0 Å². The van der Waals surface area contributed by atoms with E-state index in [-0.39, 0.29) is 11.5 Å². The number of rotatable bonds is 4. The lowest BCUT2D eigenvalue weighted by Crippen LogP contribution is -2.09. The molecule has 98 valence electrons. The molecule has 2 rings (SSSR count). The molecule has 0 unspecified atom stereocenters. The van der Waals surface area contributed by atoms with Gasteiger partial charge in [-0.2, -0.15) is 0 Å². The van der Waals surface area contributed by atoms with Crippen molar-refractivity contribution in [3.8, 4) is 11.5 Å². The smallest absolute Gasteiger partial charge is 0.335 e. The van der Waals surface area contributed by atoms with Crippen molar-refractivity contribution in [2.45, 2.75) is 19.3 Å². The van der Waals surface area contributed by atoms with Crippen LogP contribution in [0.25, 0.3) is 0 Å². The Morgan fingerprint density at radius 3 is 1.74 bits per heavy atom. The zero-order chi connectivity index (χ0) is 13.8. The van der Waals surface area contributed by atoms with Crippen LogP contribution in [-0.2, 0) is 22.4 Å². The van der Waals surface area contributed by atoms with Crippen molar-refractivity contribution in [2.24, 2.45) is 0 Å². The number of carbonyl (C=O) groups is 2. The molecule has 0 fully saturated rings. The van der Waals surface area contributed by atoms with Crippen molar-refractivity contribution < 1.29 is 19.1 Å². The largest absolute Gasteiger partial charge is 0.419 e. The molecule has 0 saturated carbocycles. The Labute approximate surface area is 111 Å². The third-order valence-electron chi connectivity index (χ3n) is 2.91. The molecule has 4 nitrogen and oxygen atoms in total. The normalized spacial score (nSPS) is 12.4. The van der Waals surface area contributed by atoms with Gasteiger partial charge in [-0.15, -0.1) is 0 Å². The molecule has 1 aliphatic carbocycles. The highest BCUT2D eigenvalue weighted by Gasteiger charge is 2.18. The summed E-state index contributed by atoms with van der Waals surface area (Å²) >= 11 is 0. The Kier molecular flexibility index (Phi) is 3.80. The van der Waals surface area contributed by atoms with Gasteiger partial charge < -0.3 is 9.47 Å². The van der Waals surface area contributed by atoms with E-state index in [1.54, 1.807) is 12.1 Å². The Morgan fingerprint density at radius 2 is 1.37 bits per heavy atom. The highest BCUT2D eigenvalue weighted by atomic mass is 16.6. The van der Waals surface area contributed by atoms with E-state index in [1.807, 2.05) is 0 Å². The lowest BCUT2D eigenvalue weighted by molar-refractivity contribution is -0.131. The summed E-state index contributed by atoms with van der Waals surface area (Å²) < 4.78 is 10.2. The van der Waals surface area contributed by atoms with Gasteiger partial charge in [-0.3, -0.25) is 0 Å². The van der Waals surface area contributed by atoms with E-state index in [4.69, 9.17) is 9.47 Å². The minimum atomic E-state index is -0.589. The molecule has 0 aromatic heterocycles. The highest BCUT2D eigenvalue weighted by Crippen LogP contribution is 2.35. The Hall–Kier alpha value is -2.36. The van der Waals surface area contributed by atoms with E-state index in [2.05, 4.69) is 13.2 Å². The van der Waals surface area contributed by atoms with Crippen LogP contribution in [0.15, 0.2) is 37.4 Å². The lowest BCUT2D eigenvalue weighted by Gasteiger charge is -2.11. The summed E-state index contributed by atoms with van der Waals surface area (Å²) in [5.41, 5.74) is 2.23. The summed E-state index contributed by atoms with van der Waals surface area (Å²) in [4.78, 5) is 22.6. The molecule has 0 saturated heterocycles. The molecule has 19 heavy (non-hydrogen) atoms. The van der Waals surface area contributed by atoms with Gasteiger partial charge in [-0.1, -0.05) is 13.2 Å². The van der Waals surface area contributed by atoms with Gasteiger partial charge in [-0.05, 0) is 42.5 Å². The van der Waals surface area contributed by atoms with Crippen molar-refractivity contribution >= 4 is 11.9 Å². The van der Waals surface area contributed by atoms with E-state index in [0.29, 0.717) is 0 Å². The van der Waals surface area contributed by atoms with Gasteiger partial charge >= 0.3 is 11.9 Å². The first kappa shape index (κ1) is 13.1. The molecule has 1 aliphatic rings. The van der Waals surface area contributed by atoms with Crippen LogP contribution in [0.4, 0.5) is 0 Å². The minimum Gasteiger partial charge on any atom is -0.419 e. The Balaban J connectivity index is 2.37. The number of benzene rings is 1. The van der Waals surface area contributed by atoms with Crippen molar-refractivity contribution in [1.82, 2.24) is 0 Å². The summed E-state index contributed by atoms with van der Waals surface area (Å²) in [6.07, 6.45) is 5.04. The fraction of sp³-hybridized carbons (Fsp3) is 0.200. The van der Waals surface area contributed by atoms with Gasteiger partial charge in [0.2, 0.25) is 0 Å². The number of fused-ring (bicyclic) bond motifs is 1. The first-order valence-electron chi connectivity index (χ1n) is 5.98. The van der Waals surface area contributed by atoms with Crippen LogP contribution >= 0.6 is 0 Å². The number of aryl methyl sites for hydroxylation is 2. The van der Waals surface area contributed by atoms with Crippen molar-refractivity contribution in [3.63, 3.8) is 0 Å². The van der Waals surface area contributed by atoms with Gasteiger partial charge in [0, 0.05) is 12.2 Å². The molecular formula is C15H14O4. The molecule has 1 aromatic rings. The number of ether oxygens (including phenoxy) is 2. The molecule has 1 aromatic carbocycles. The molecule has 0 heterocycles. The predicted molar refractivity (Wildman–Crippen MR) is 70.1 cm³/mol. The molecule has 0 amide bonds. The monoisotopic (exact) mass is 258 g/mol. The highest BCUT2D eigenvalue weighted by molar-refractivity contribution is 5.86. The van der Waals surface area contributed by atoms with Crippen LogP contribution in [0.3, 0.4) is 0 Å². The standard InChI is InChI=1S/C15H14O4/c1-3-14(16)18-12-8-10-6-5-7-11(10)9-13(12)19-15(17)4-2/h3-4,8-9H,1-2,5-7H2. The Bertz CT molecular complexity index is 509. The molecule has 0 atom stereocenters. The van der Waals surface area contributed by atoms with Gasteiger partial charge in [-0.25, -0.2) is 9.59 Å². The molecule has 0 spiro atoms. The second kappa shape index (κ2) is 5.52. The van der Waals surface area contributed by atoms with Gasteiger partial charge in [0.15, 0.2) is 11.5 Å². The summed E-state index contributed by atoms with van der Waals surface area (Å²) in [6, 6.07) is 3.49. The first-order chi connectivity index (χ1) is 9.13. The maximum atomic E-state index is 11.3. The second-order valence-electron chi connectivity index (χ2n) is 4.17. The molecule has 0 radical (unpaired) electrons. The van der Waals surface area contributed by atoms with E-state index in [9.17, 15) is 9.59 Å². The number of carbonyl (C=O) groups excluding carboxylic acids is 2. The van der Waals surface area contributed by atoms with Crippen LogP contribution < -0.4 is 9.47 Å². The maximum Gasteiger partial charge on any atom is 0.335 e. The second-order valence-corrected chi connectivity index (χ2v) is 4.17. The Morgan fingerprint density at radius 1 is 0.947 bits per heavy atom. The quantitative estimate of drug-likeness (QED) is 0.472. The molecule has 0 bridgehead atoms. The number of esters is 2. The number of hydrogen-bond acceptors (Lipinski definition) is 4.